The van der Waals surface area contributed by atoms with E-state index in [1.165, 1.54) is 11.1 Å². The molecular weight excluding hydrogens is 298 g/mol. The molecule has 1 aromatic rings. The molecule has 1 atom stereocenters. The molecule has 1 aromatic carbocycles. The first kappa shape index (κ1) is 18.4. The first-order chi connectivity index (χ1) is 10.7. The van der Waals surface area contributed by atoms with Crippen LogP contribution in [0, 0.1) is 0 Å². The van der Waals surface area contributed by atoms with Crippen LogP contribution in [0.1, 0.15) is 45.7 Å². The zero-order chi connectivity index (χ0) is 17.1. The Kier molecular flexibility index (Phi) is 5.87. The fraction of sp³-hybridized carbons (Fsp3) is 0.600. The molecule has 1 aliphatic rings. The standard InChI is InChI=1S/C20H33NOSi/c1-17(19-12-8-7-9-13-19)21-14-10-11-18(15-21)16-22-23(5,6)20(2,3)4/h7-9,11-13,17H,10,14-16H2,1-6H3/t17-/m0/s1. The van der Waals surface area contributed by atoms with Gasteiger partial charge in [-0.1, -0.05) is 57.2 Å². The van der Waals surface area contributed by atoms with Crippen LogP contribution in [-0.2, 0) is 4.43 Å². The SMILES string of the molecule is C[C@@H](c1ccccc1)N1CCC=C(CO[Si](C)(C)C(C)(C)C)C1. The molecule has 23 heavy (non-hydrogen) atoms. The van der Waals surface area contributed by atoms with Gasteiger partial charge in [-0.3, -0.25) is 4.90 Å². The van der Waals surface area contributed by atoms with E-state index < -0.39 is 8.32 Å². The lowest BCUT2D eigenvalue weighted by Crippen LogP contribution is -2.42. The third-order valence-electron chi connectivity index (χ3n) is 5.51. The minimum Gasteiger partial charge on any atom is -0.413 e. The summed E-state index contributed by atoms with van der Waals surface area (Å²) in [6, 6.07) is 11.3. The largest absolute Gasteiger partial charge is 0.413 e. The van der Waals surface area contributed by atoms with Crippen molar-refractivity contribution in [3.63, 3.8) is 0 Å². The van der Waals surface area contributed by atoms with Gasteiger partial charge in [0.25, 0.3) is 0 Å². The predicted octanol–water partition coefficient (Wildman–Crippen LogP) is 5.40. The van der Waals surface area contributed by atoms with Crippen LogP contribution in [0.2, 0.25) is 18.1 Å². The lowest BCUT2D eigenvalue weighted by molar-refractivity contribution is 0.209. The van der Waals surface area contributed by atoms with Crippen LogP contribution in [0.15, 0.2) is 42.0 Å². The van der Waals surface area contributed by atoms with Crippen molar-refractivity contribution in [2.45, 2.75) is 58.3 Å². The van der Waals surface area contributed by atoms with Crippen molar-refractivity contribution in [1.29, 1.82) is 0 Å². The van der Waals surface area contributed by atoms with E-state index in [-0.39, 0.29) is 5.04 Å². The Morgan fingerprint density at radius 3 is 2.43 bits per heavy atom. The molecule has 1 aliphatic heterocycles. The van der Waals surface area contributed by atoms with Crippen LogP contribution in [0.5, 0.6) is 0 Å². The summed E-state index contributed by atoms with van der Waals surface area (Å²) in [5.41, 5.74) is 2.85. The Labute approximate surface area is 143 Å². The minimum atomic E-state index is -1.66. The number of benzene rings is 1. The van der Waals surface area contributed by atoms with Crippen molar-refractivity contribution in [1.82, 2.24) is 4.90 Å². The van der Waals surface area contributed by atoms with E-state index in [0.717, 1.165) is 26.1 Å². The molecule has 2 rings (SSSR count). The monoisotopic (exact) mass is 331 g/mol. The molecular formula is C20H33NOSi. The highest BCUT2D eigenvalue weighted by Gasteiger charge is 2.37. The summed E-state index contributed by atoms with van der Waals surface area (Å²) in [4.78, 5) is 2.57. The molecule has 1 heterocycles. The van der Waals surface area contributed by atoms with E-state index in [4.69, 9.17) is 4.43 Å². The van der Waals surface area contributed by atoms with Crippen LogP contribution < -0.4 is 0 Å². The fourth-order valence-electron chi connectivity index (χ4n) is 2.71. The fourth-order valence-corrected chi connectivity index (χ4v) is 3.69. The zero-order valence-electron chi connectivity index (χ0n) is 15.7. The van der Waals surface area contributed by atoms with E-state index in [0.29, 0.717) is 6.04 Å². The maximum absolute atomic E-state index is 6.41. The minimum absolute atomic E-state index is 0.277. The Balaban J connectivity index is 1.95. The first-order valence-corrected chi connectivity index (χ1v) is 11.7. The molecule has 0 amide bonds. The van der Waals surface area contributed by atoms with Crippen molar-refractivity contribution in [2.75, 3.05) is 19.7 Å². The molecule has 0 unspecified atom stereocenters. The summed E-state index contributed by atoms with van der Waals surface area (Å²) in [6.07, 6.45) is 3.52. The smallest absolute Gasteiger partial charge is 0.192 e. The molecule has 2 nitrogen and oxygen atoms in total. The highest BCUT2D eigenvalue weighted by atomic mass is 28.4. The number of nitrogens with zero attached hydrogens (tertiary/aromatic N) is 1. The third kappa shape index (κ3) is 4.79. The Bertz CT molecular complexity index is 530. The predicted molar refractivity (Wildman–Crippen MR) is 102 cm³/mol. The van der Waals surface area contributed by atoms with Gasteiger partial charge in [0.05, 0.1) is 6.61 Å². The summed E-state index contributed by atoms with van der Waals surface area (Å²) in [5, 5.41) is 0.277. The summed E-state index contributed by atoms with van der Waals surface area (Å²) >= 11 is 0. The van der Waals surface area contributed by atoms with Crippen molar-refractivity contribution in [3.8, 4) is 0 Å². The molecule has 0 radical (unpaired) electrons. The molecule has 0 aliphatic carbocycles. The topological polar surface area (TPSA) is 12.5 Å². The Morgan fingerprint density at radius 2 is 1.83 bits per heavy atom. The van der Waals surface area contributed by atoms with Crippen LogP contribution in [0.4, 0.5) is 0 Å². The van der Waals surface area contributed by atoms with Gasteiger partial charge < -0.3 is 4.43 Å². The van der Waals surface area contributed by atoms with Crippen LogP contribution in [0.3, 0.4) is 0 Å². The van der Waals surface area contributed by atoms with Gasteiger partial charge in [0.2, 0.25) is 0 Å². The van der Waals surface area contributed by atoms with Gasteiger partial charge in [0, 0.05) is 19.1 Å². The first-order valence-electron chi connectivity index (χ1n) is 8.81. The maximum Gasteiger partial charge on any atom is 0.192 e. The lowest BCUT2D eigenvalue weighted by Gasteiger charge is -2.38. The second-order valence-electron chi connectivity index (χ2n) is 8.26. The third-order valence-corrected chi connectivity index (χ3v) is 9.99. The van der Waals surface area contributed by atoms with Crippen molar-refractivity contribution in [3.05, 3.63) is 47.5 Å². The van der Waals surface area contributed by atoms with Crippen molar-refractivity contribution >= 4 is 8.32 Å². The molecule has 0 bridgehead atoms. The van der Waals surface area contributed by atoms with Gasteiger partial charge in [-0.2, -0.15) is 0 Å². The second kappa shape index (κ2) is 7.33. The summed E-state index contributed by atoms with van der Waals surface area (Å²) in [7, 11) is -1.66. The highest BCUT2D eigenvalue weighted by Crippen LogP contribution is 2.37. The molecule has 0 aromatic heterocycles. The summed E-state index contributed by atoms with van der Waals surface area (Å²) < 4.78 is 6.41. The molecule has 128 valence electrons. The number of hydrogen-bond donors (Lipinski definition) is 0. The van der Waals surface area contributed by atoms with Gasteiger partial charge in [-0.15, -0.1) is 0 Å². The Hall–Kier alpha value is -0.903. The van der Waals surface area contributed by atoms with E-state index >= 15 is 0 Å². The summed E-state index contributed by atoms with van der Waals surface area (Å²) in [5.74, 6) is 0. The quantitative estimate of drug-likeness (QED) is 0.529. The van der Waals surface area contributed by atoms with Gasteiger partial charge in [0.15, 0.2) is 8.32 Å². The van der Waals surface area contributed by atoms with E-state index in [2.05, 4.69) is 82.1 Å². The Morgan fingerprint density at radius 1 is 1.17 bits per heavy atom. The molecule has 0 N–H and O–H groups in total. The number of rotatable bonds is 5. The van der Waals surface area contributed by atoms with Gasteiger partial charge in [-0.05, 0) is 42.6 Å². The average molecular weight is 332 g/mol. The van der Waals surface area contributed by atoms with E-state index in [1.54, 1.807) is 0 Å². The van der Waals surface area contributed by atoms with E-state index in [9.17, 15) is 0 Å². The van der Waals surface area contributed by atoms with Crippen LogP contribution in [-0.4, -0.2) is 32.9 Å². The molecule has 0 spiro atoms. The van der Waals surface area contributed by atoms with Gasteiger partial charge in [0.1, 0.15) is 0 Å². The van der Waals surface area contributed by atoms with Crippen LogP contribution >= 0.6 is 0 Å². The molecule has 0 saturated heterocycles. The maximum atomic E-state index is 6.41. The highest BCUT2D eigenvalue weighted by molar-refractivity contribution is 6.74. The molecule has 0 fully saturated rings. The van der Waals surface area contributed by atoms with Crippen molar-refractivity contribution < 1.29 is 4.43 Å². The number of hydrogen-bond acceptors (Lipinski definition) is 2. The second-order valence-corrected chi connectivity index (χ2v) is 13.1. The van der Waals surface area contributed by atoms with Crippen molar-refractivity contribution in [2.24, 2.45) is 0 Å². The van der Waals surface area contributed by atoms with Crippen LogP contribution in [0.25, 0.3) is 0 Å². The van der Waals surface area contributed by atoms with E-state index in [1.807, 2.05) is 0 Å². The lowest BCUT2D eigenvalue weighted by atomic mass is 10.0. The zero-order valence-corrected chi connectivity index (χ0v) is 16.7. The average Bonchev–Trinajstić information content (AvgIpc) is 2.52. The summed E-state index contributed by atoms with van der Waals surface area (Å²) in [6.45, 7) is 16.9. The molecule has 3 heteroatoms. The van der Waals surface area contributed by atoms with Gasteiger partial charge in [-0.25, -0.2) is 0 Å². The molecule has 0 saturated carbocycles. The normalized spacial score (nSPS) is 18.6. The van der Waals surface area contributed by atoms with Gasteiger partial charge >= 0.3 is 0 Å².